The summed E-state index contributed by atoms with van der Waals surface area (Å²) >= 11 is 0. The van der Waals surface area contributed by atoms with Crippen LogP contribution in [0, 0.1) is 23.6 Å². The maximum Gasteiger partial charge on any atom is 0.229 e. The highest BCUT2D eigenvalue weighted by Gasteiger charge is 2.49. The van der Waals surface area contributed by atoms with E-state index in [2.05, 4.69) is 10.3 Å². The molecule has 2 saturated carbocycles. The zero-order valence-corrected chi connectivity index (χ0v) is 16.1. The minimum Gasteiger partial charge on any atom is -0.439 e. The van der Waals surface area contributed by atoms with Gasteiger partial charge in [-0.05, 0) is 61.4 Å². The Morgan fingerprint density at radius 1 is 1.11 bits per heavy atom. The van der Waals surface area contributed by atoms with Gasteiger partial charge in [-0.2, -0.15) is 0 Å². The second-order valence-electron chi connectivity index (χ2n) is 6.87. The molecule has 3 N–H and O–H groups in total. The molecule has 1 heterocycles. The van der Waals surface area contributed by atoms with Crippen molar-refractivity contribution in [3.05, 3.63) is 48.4 Å². The van der Waals surface area contributed by atoms with E-state index < -0.39 is 0 Å². The van der Waals surface area contributed by atoms with Gasteiger partial charge in [0.25, 0.3) is 0 Å². The molecule has 146 valence electrons. The lowest BCUT2D eigenvalue weighted by atomic mass is 9.84. The van der Waals surface area contributed by atoms with Crippen molar-refractivity contribution in [1.82, 2.24) is 4.98 Å². The molecule has 1 aromatic carbocycles. The number of nitrogens with two attached hydrogens (primary N) is 1. The molecule has 4 unspecified atom stereocenters. The Kier molecular flexibility index (Phi) is 7.03. The summed E-state index contributed by atoms with van der Waals surface area (Å²) in [5, 5.41) is 2.91. The van der Waals surface area contributed by atoms with Crippen LogP contribution in [0.15, 0.2) is 42.6 Å². The normalized spacial score (nSPS) is 25.3. The Bertz CT molecular complexity index is 772. The first-order valence-corrected chi connectivity index (χ1v) is 8.56. The molecule has 2 aromatic rings. The van der Waals surface area contributed by atoms with Crippen molar-refractivity contribution in [3.63, 3.8) is 0 Å². The summed E-state index contributed by atoms with van der Waals surface area (Å²) in [7, 11) is 0. The van der Waals surface area contributed by atoms with Gasteiger partial charge in [0.05, 0.1) is 17.8 Å². The van der Waals surface area contributed by atoms with E-state index in [0.29, 0.717) is 29.2 Å². The van der Waals surface area contributed by atoms with Crippen LogP contribution >= 0.6 is 24.8 Å². The summed E-state index contributed by atoms with van der Waals surface area (Å²) in [6.45, 7) is 0. The summed E-state index contributed by atoms with van der Waals surface area (Å²) in [6, 6.07) is 9.08. The van der Waals surface area contributed by atoms with Gasteiger partial charge >= 0.3 is 0 Å². The maximum atomic E-state index is 12.9. The van der Waals surface area contributed by atoms with Gasteiger partial charge in [-0.1, -0.05) is 0 Å². The average Bonchev–Trinajstić information content (AvgIpc) is 3.20. The lowest BCUT2D eigenvalue weighted by Gasteiger charge is -2.26. The Labute approximate surface area is 169 Å². The van der Waals surface area contributed by atoms with Gasteiger partial charge in [0.15, 0.2) is 0 Å². The van der Waals surface area contributed by atoms with E-state index in [9.17, 15) is 9.18 Å². The largest absolute Gasteiger partial charge is 0.439 e. The molecule has 0 radical (unpaired) electrons. The van der Waals surface area contributed by atoms with E-state index in [1.165, 1.54) is 24.3 Å². The van der Waals surface area contributed by atoms with Crippen molar-refractivity contribution >= 4 is 36.4 Å². The topological polar surface area (TPSA) is 77.2 Å². The van der Waals surface area contributed by atoms with E-state index in [1.54, 1.807) is 18.3 Å². The number of nitrogens with one attached hydrogen (secondary N) is 1. The number of aromatic nitrogens is 1. The predicted octanol–water partition coefficient (Wildman–Crippen LogP) is 4.17. The zero-order chi connectivity index (χ0) is 17.4. The number of pyridine rings is 1. The molecular weight excluding hydrogens is 392 g/mol. The summed E-state index contributed by atoms with van der Waals surface area (Å²) < 4.78 is 18.4. The lowest BCUT2D eigenvalue weighted by molar-refractivity contribution is -0.121. The molecule has 2 aliphatic rings. The number of benzene rings is 1. The number of hydrogen-bond acceptors (Lipinski definition) is 4. The zero-order valence-electron chi connectivity index (χ0n) is 14.5. The first-order chi connectivity index (χ1) is 12.1. The van der Waals surface area contributed by atoms with Crippen LogP contribution in [0.3, 0.4) is 0 Å². The van der Waals surface area contributed by atoms with Crippen LogP contribution in [-0.4, -0.2) is 16.9 Å². The third kappa shape index (κ3) is 4.51. The molecule has 0 saturated heterocycles. The maximum absolute atomic E-state index is 12.9. The Balaban J connectivity index is 0.00000131. The minimum atomic E-state index is -0.322. The molecule has 2 aliphatic carbocycles. The fourth-order valence-corrected chi connectivity index (χ4v) is 4.09. The second kappa shape index (κ2) is 8.87. The van der Waals surface area contributed by atoms with Crippen molar-refractivity contribution in [2.75, 3.05) is 5.32 Å². The average molecular weight is 414 g/mol. The Hall–Kier alpha value is -1.89. The van der Waals surface area contributed by atoms with Crippen molar-refractivity contribution in [3.8, 4) is 11.6 Å². The van der Waals surface area contributed by atoms with Gasteiger partial charge in [-0.15, -0.1) is 24.8 Å². The smallest absolute Gasteiger partial charge is 0.229 e. The number of anilines is 1. The van der Waals surface area contributed by atoms with Gasteiger partial charge in [-0.25, -0.2) is 9.37 Å². The van der Waals surface area contributed by atoms with E-state index >= 15 is 0 Å². The molecular formula is C19H22Cl2FN3O2. The van der Waals surface area contributed by atoms with E-state index in [1.807, 2.05) is 0 Å². The third-order valence-electron chi connectivity index (χ3n) is 5.32. The molecule has 0 spiro atoms. The molecule has 5 nitrogen and oxygen atoms in total. The molecule has 2 fully saturated rings. The van der Waals surface area contributed by atoms with Crippen LogP contribution in [-0.2, 0) is 4.79 Å². The van der Waals surface area contributed by atoms with Crippen LogP contribution in [0.2, 0.25) is 0 Å². The monoisotopic (exact) mass is 413 g/mol. The second-order valence-corrected chi connectivity index (χ2v) is 6.87. The number of amides is 1. The van der Waals surface area contributed by atoms with Gasteiger partial charge < -0.3 is 15.8 Å². The highest BCUT2D eigenvalue weighted by Crippen LogP contribution is 2.47. The van der Waals surface area contributed by atoms with Crippen LogP contribution < -0.4 is 15.8 Å². The lowest BCUT2D eigenvalue weighted by Crippen LogP contribution is -2.42. The SMILES string of the molecule is Cl.Cl.NC1C2CCC(C2)C1C(=O)Nc1ccc(Oc2ccc(F)cc2)nc1. The first-order valence-electron chi connectivity index (χ1n) is 8.56. The number of carbonyl (C=O) groups is 1. The molecule has 27 heavy (non-hydrogen) atoms. The quantitative estimate of drug-likeness (QED) is 0.788. The van der Waals surface area contributed by atoms with Crippen LogP contribution in [0.4, 0.5) is 10.1 Å². The summed E-state index contributed by atoms with van der Waals surface area (Å²) in [6.07, 6.45) is 4.86. The fourth-order valence-electron chi connectivity index (χ4n) is 4.09. The van der Waals surface area contributed by atoms with E-state index in [4.69, 9.17) is 10.5 Å². The summed E-state index contributed by atoms with van der Waals surface area (Å²) in [4.78, 5) is 16.7. The number of hydrogen-bond donors (Lipinski definition) is 2. The van der Waals surface area contributed by atoms with E-state index in [0.717, 1.165) is 19.3 Å². The van der Waals surface area contributed by atoms with Gasteiger partial charge in [0.1, 0.15) is 11.6 Å². The number of nitrogens with zero attached hydrogens (tertiary/aromatic N) is 1. The third-order valence-corrected chi connectivity index (χ3v) is 5.32. The fraction of sp³-hybridized carbons (Fsp3) is 0.368. The standard InChI is InChI=1S/C19H20FN3O2.2ClH/c20-13-3-6-15(7-4-13)25-16-8-5-14(10-22-16)23-19(24)17-11-1-2-12(9-11)18(17)21;;/h3-8,10-12,17-18H,1-2,9,21H2,(H,23,24);2*1H. The van der Waals surface area contributed by atoms with Crippen molar-refractivity contribution in [1.29, 1.82) is 0 Å². The van der Waals surface area contributed by atoms with Crippen molar-refractivity contribution in [2.24, 2.45) is 23.5 Å². The summed E-state index contributed by atoms with van der Waals surface area (Å²) in [5.74, 6) is 1.33. The molecule has 2 bridgehead atoms. The Morgan fingerprint density at radius 2 is 1.81 bits per heavy atom. The molecule has 8 heteroatoms. The minimum absolute atomic E-state index is 0. The highest BCUT2D eigenvalue weighted by atomic mass is 35.5. The van der Waals surface area contributed by atoms with Crippen molar-refractivity contribution < 1.29 is 13.9 Å². The van der Waals surface area contributed by atoms with E-state index in [-0.39, 0.29) is 48.5 Å². The molecule has 1 amide bonds. The Morgan fingerprint density at radius 3 is 2.41 bits per heavy atom. The highest BCUT2D eigenvalue weighted by molar-refractivity contribution is 5.93. The van der Waals surface area contributed by atoms with Gasteiger partial charge in [0.2, 0.25) is 11.8 Å². The van der Waals surface area contributed by atoms with Gasteiger partial charge in [0, 0.05) is 12.1 Å². The number of rotatable bonds is 4. The molecule has 1 aromatic heterocycles. The van der Waals surface area contributed by atoms with Crippen LogP contribution in [0.1, 0.15) is 19.3 Å². The molecule has 0 aliphatic heterocycles. The van der Waals surface area contributed by atoms with Crippen LogP contribution in [0.25, 0.3) is 0 Å². The van der Waals surface area contributed by atoms with Crippen LogP contribution in [0.5, 0.6) is 11.6 Å². The number of ether oxygens (including phenoxy) is 1. The van der Waals surface area contributed by atoms with Crippen molar-refractivity contribution in [2.45, 2.75) is 25.3 Å². The van der Waals surface area contributed by atoms with Gasteiger partial charge in [-0.3, -0.25) is 4.79 Å². The molecule has 4 atom stereocenters. The number of carbonyl (C=O) groups excluding carboxylic acids is 1. The molecule has 4 rings (SSSR count). The first kappa shape index (κ1) is 21.4. The number of halogens is 3. The summed E-state index contributed by atoms with van der Waals surface area (Å²) in [5.41, 5.74) is 6.83. The number of fused-ring (bicyclic) bond motifs is 2. The predicted molar refractivity (Wildman–Crippen MR) is 106 cm³/mol.